The summed E-state index contributed by atoms with van der Waals surface area (Å²) in [5, 5.41) is 3.23. The molecule has 1 aliphatic heterocycles. The maximum atomic E-state index is 12.8. The van der Waals surface area contributed by atoms with E-state index in [0.717, 1.165) is 29.3 Å². The van der Waals surface area contributed by atoms with E-state index in [0.29, 0.717) is 24.6 Å². The highest BCUT2D eigenvalue weighted by atomic mass is 32.2. The fourth-order valence-electron chi connectivity index (χ4n) is 2.41. The summed E-state index contributed by atoms with van der Waals surface area (Å²) >= 11 is 1.55. The second-order valence-corrected chi connectivity index (χ2v) is 8.42. The fourth-order valence-corrected chi connectivity index (χ4v) is 5.44. The minimum Gasteiger partial charge on any atom is -0.375 e. The van der Waals surface area contributed by atoms with E-state index < -0.39 is 10.0 Å². The van der Waals surface area contributed by atoms with Gasteiger partial charge in [0.25, 0.3) is 0 Å². The molecule has 0 spiro atoms. The Hall–Kier alpha value is -0.470. The fraction of sp³-hybridized carbons (Fsp3) is 0.714. The van der Waals surface area contributed by atoms with Crippen LogP contribution in [0.5, 0.6) is 0 Å². The molecule has 1 atom stereocenters. The number of nitrogens with one attached hydrogen (secondary N) is 1. The van der Waals surface area contributed by atoms with Gasteiger partial charge in [-0.1, -0.05) is 13.8 Å². The monoisotopic (exact) mass is 332 g/mol. The predicted molar refractivity (Wildman–Crippen MR) is 85.2 cm³/mol. The Kier molecular flexibility index (Phi) is 5.79. The number of sulfonamides is 1. The van der Waals surface area contributed by atoms with Gasteiger partial charge in [0.15, 0.2) is 0 Å². The largest absolute Gasteiger partial charge is 0.375 e. The highest BCUT2D eigenvalue weighted by Crippen LogP contribution is 2.29. The molecule has 5 nitrogen and oxygen atoms in total. The van der Waals surface area contributed by atoms with Crippen LogP contribution in [-0.4, -0.2) is 45.1 Å². The molecule has 0 radical (unpaired) electrons. The summed E-state index contributed by atoms with van der Waals surface area (Å²) in [7, 11) is -3.40. The first-order chi connectivity index (χ1) is 9.98. The lowest BCUT2D eigenvalue weighted by Gasteiger charge is -2.31. The van der Waals surface area contributed by atoms with Crippen LogP contribution in [0.2, 0.25) is 0 Å². The lowest BCUT2D eigenvalue weighted by molar-refractivity contribution is -0.00278. The van der Waals surface area contributed by atoms with E-state index >= 15 is 0 Å². The Morgan fingerprint density at radius 2 is 2.24 bits per heavy atom. The molecule has 1 saturated heterocycles. The molecule has 1 N–H and O–H groups in total. The van der Waals surface area contributed by atoms with Crippen molar-refractivity contribution in [3.63, 3.8) is 0 Å². The number of morpholine rings is 1. The molecule has 0 amide bonds. The van der Waals surface area contributed by atoms with Gasteiger partial charge in [0.2, 0.25) is 10.0 Å². The van der Waals surface area contributed by atoms with Crippen molar-refractivity contribution in [2.75, 3.05) is 26.2 Å². The summed E-state index contributed by atoms with van der Waals surface area (Å²) in [5.41, 5.74) is 0. The van der Waals surface area contributed by atoms with E-state index in [4.69, 9.17) is 4.74 Å². The third-order valence-electron chi connectivity index (χ3n) is 3.65. The molecule has 2 rings (SSSR count). The Bertz CT molecular complexity index is 569. The number of thiophene rings is 1. The minimum atomic E-state index is -3.40. The molecular formula is C14H24N2O3S2. The smallest absolute Gasteiger partial charge is 0.244 e. The molecule has 2 heterocycles. The maximum absolute atomic E-state index is 12.8. The molecule has 120 valence electrons. The predicted octanol–water partition coefficient (Wildman–Crippen LogP) is 1.97. The van der Waals surface area contributed by atoms with Gasteiger partial charge in [-0.25, -0.2) is 8.42 Å². The Labute approximate surface area is 131 Å². The lowest BCUT2D eigenvalue weighted by Crippen LogP contribution is -2.45. The molecule has 0 aliphatic carbocycles. The van der Waals surface area contributed by atoms with Gasteiger partial charge in [-0.15, -0.1) is 11.3 Å². The summed E-state index contributed by atoms with van der Waals surface area (Å²) in [6, 6.07) is 1.81. The maximum Gasteiger partial charge on any atom is 0.244 e. The van der Waals surface area contributed by atoms with Crippen molar-refractivity contribution >= 4 is 21.4 Å². The van der Waals surface area contributed by atoms with Crippen LogP contribution in [0, 0.1) is 6.92 Å². The molecule has 1 aliphatic rings. The first kappa shape index (κ1) is 16.9. The van der Waals surface area contributed by atoms with Crippen molar-refractivity contribution in [3.05, 3.63) is 15.8 Å². The number of ether oxygens (including phenoxy) is 1. The third kappa shape index (κ3) is 3.84. The van der Waals surface area contributed by atoms with E-state index in [1.807, 2.05) is 26.8 Å². The SMILES string of the molecule is CCNCc1cc(S(=O)(=O)N2CCOC(CC)C2)c(C)s1. The van der Waals surface area contributed by atoms with Crippen LogP contribution in [0.4, 0.5) is 0 Å². The molecule has 1 unspecified atom stereocenters. The van der Waals surface area contributed by atoms with E-state index in [9.17, 15) is 8.42 Å². The normalized spacial score (nSPS) is 20.8. The molecule has 1 fully saturated rings. The van der Waals surface area contributed by atoms with Gasteiger partial charge < -0.3 is 10.1 Å². The van der Waals surface area contributed by atoms with Gasteiger partial charge in [0.05, 0.1) is 17.6 Å². The van der Waals surface area contributed by atoms with Crippen molar-refractivity contribution in [2.45, 2.75) is 44.7 Å². The minimum absolute atomic E-state index is 0.00805. The Morgan fingerprint density at radius 3 is 2.90 bits per heavy atom. The van der Waals surface area contributed by atoms with Crippen LogP contribution in [0.25, 0.3) is 0 Å². The van der Waals surface area contributed by atoms with Crippen molar-refractivity contribution < 1.29 is 13.2 Å². The van der Waals surface area contributed by atoms with Crippen LogP contribution >= 0.6 is 11.3 Å². The van der Waals surface area contributed by atoms with Crippen LogP contribution in [0.15, 0.2) is 11.0 Å². The standard InChI is InChI=1S/C14H24N2O3S2/c1-4-12-10-16(6-7-19-12)21(17,18)14-8-13(9-15-5-2)20-11(14)3/h8,12,15H,4-7,9-10H2,1-3H3. The summed E-state index contributed by atoms with van der Waals surface area (Å²) in [5.74, 6) is 0. The average molecular weight is 332 g/mol. The van der Waals surface area contributed by atoms with Crippen LogP contribution < -0.4 is 5.32 Å². The number of hydrogen-bond acceptors (Lipinski definition) is 5. The van der Waals surface area contributed by atoms with Crippen LogP contribution in [0.1, 0.15) is 30.0 Å². The van der Waals surface area contributed by atoms with Crippen molar-refractivity contribution in [1.82, 2.24) is 9.62 Å². The molecule has 1 aromatic heterocycles. The molecular weight excluding hydrogens is 308 g/mol. The lowest BCUT2D eigenvalue weighted by atomic mass is 10.2. The van der Waals surface area contributed by atoms with Crippen LogP contribution in [0.3, 0.4) is 0 Å². The van der Waals surface area contributed by atoms with Gasteiger partial charge in [-0.05, 0) is 26.0 Å². The quantitative estimate of drug-likeness (QED) is 0.865. The molecule has 21 heavy (non-hydrogen) atoms. The van der Waals surface area contributed by atoms with Crippen molar-refractivity contribution in [1.29, 1.82) is 0 Å². The highest BCUT2D eigenvalue weighted by molar-refractivity contribution is 7.89. The molecule has 1 aromatic rings. The highest BCUT2D eigenvalue weighted by Gasteiger charge is 2.32. The summed E-state index contributed by atoms with van der Waals surface area (Å²) in [6.45, 7) is 8.91. The zero-order valence-electron chi connectivity index (χ0n) is 12.9. The first-order valence-corrected chi connectivity index (χ1v) is 9.66. The molecule has 0 bridgehead atoms. The van der Waals surface area contributed by atoms with Crippen LogP contribution in [-0.2, 0) is 21.3 Å². The first-order valence-electron chi connectivity index (χ1n) is 7.40. The van der Waals surface area contributed by atoms with Gasteiger partial charge in [0.1, 0.15) is 0 Å². The zero-order chi connectivity index (χ0) is 15.5. The zero-order valence-corrected chi connectivity index (χ0v) is 14.5. The third-order valence-corrected chi connectivity index (χ3v) is 6.82. The van der Waals surface area contributed by atoms with Gasteiger partial charge in [-0.2, -0.15) is 4.31 Å². The van der Waals surface area contributed by atoms with Gasteiger partial charge >= 0.3 is 0 Å². The number of rotatable bonds is 6. The second kappa shape index (κ2) is 7.19. The van der Waals surface area contributed by atoms with E-state index in [-0.39, 0.29) is 6.10 Å². The molecule has 0 aromatic carbocycles. The summed E-state index contributed by atoms with van der Waals surface area (Å²) in [4.78, 5) is 2.38. The van der Waals surface area contributed by atoms with Crippen molar-refractivity contribution in [3.8, 4) is 0 Å². The Morgan fingerprint density at radius 1 is 1.48 bits per heavy atom. The summed E-state index contributed by atoms with van der Waals surface area (Å²) < 4.78 is 32.8. The molecule has 0 saturated carbocycles. The topological polar surface area (TPSA) is 58.6 Å². The average Bonchev–Trinajstić information content (AvgIpc) is 2.87. The van der Waals surface area contributed by atoms with Gasteiger partial charge in [0, 0.05) is 29.4 Å². The number of aryl methyl sites for hydroxylation is 1. The van der Waals surface area contributed by atoms with E-state index in [1.165, 1.54) is 0 Å². The summed E-state index contributed by atoms with van der Waals surface area (Å²) in [6.07, 6.45) is 0.842. The number of nitrogens with zero attached hydrogens (tertiary/aromatic N) is 1. The van der Waals surface area contributed by atoms with Crippen molar-refractivity contribution in [2.24, 2.45) is 0 Å². The Balaban J connectivity index is 2.20. The van der Waals surface area contributed by atoms with E-state index in [2.05, 4.69) is 5.32 Å². The number of hydrogen-bond donors (Lipinski definition) is 1. The van der Waals surface area contributed by atoms with E-state index in [1.54, 1.807) is 15.6 Å². The molecule has 7 heteroatoms. The van der Waals surface area contributed by atoms with Gasteiger partial charge in [-0.3, -0.25) is 0 Å². The second-order valence-electron chi connectivity index (χ2n) is 5.18.